The second-order valence-corrected chi connectivity index (χ2v) is 6.02. The Morgan fingerprint density at radius 1 is 1.15 bits per heavy atom. The van der Waals surface area contributed by atoms with Crippen molar-refractivity contribution >= 4 is 17.1 Å². The molecule has 1 saturated heterocycles. The number of amides is 1. The summed E-state index contributed by atoms with van der Waals surface area (Å²) in [6.45, 7) is 4.44. The largest absolute Gasteiger partial charge is 0.493 e. The number of nitrogens with one attached hydrogen (secondary N) is 1. The van der Waals surface area contributed by atoms with Crippen LogP contribution < -0.4 is 10.1 Å². The molecule has 3 aromatic heterocycles. The van der Waals surface area contributed by atoms with Crippen LogP contribution in [0.2, 0.25) is 0 Å². The van der Waals surface area contributed by atoms with Crippen LogP contribution in [0.1, 0.15) is 5.56 Å². The normalized spacial score (nSPS) is 14.6. The third kappa shape index (κ3) is 2.82. The fourth-order valence-corrected chi connectivity index (χ4v) is 2.86. The summed E-state index contributed by atoms with van der Waals surface area (Å²) >= 11 is 0. The van der Waals surface area contributed by atoms with Gasteiger partial charge in [-0.1, -0.05) is 6.07 Å². The number of nitrogens with zero attached hydrogens (tertiary/aromatic N) is 5. The first-order chi connectivity index (χ1) is 12.6. The predicted octanol–water partition coefficient (Wildman–Crippen LogP) is 1.23. The van der Waals surface area contributed by atoms with E-state index in [0.717, 1.165) is 5.56 Å². The molecule has 0 aliphatic carbocycles. The first-order valence-corrected chi connectivity index (χ1v) is 8.30. The van der Waals surface area contributed by atoms with E-state index in [1.165, 1.54) is 17.0 Å². The first-order valence-electron chi connectivity index (χ1n) is 8.30. The molecule has 4 heterocycles. The van der Waals surface area contributed by atoms with Crippen LogP contribution in [0.5, 0.6) is 11.8 Å². The number of carbonyl (C=O) groups is 1. The zero-order chi connectivity index (χ0) is 18.1. The highest BCUT2D eigenvalue weighted by Crippen LogP contribution is 2.36. The summed E-state index contributed by atoms with van der Waals surface area (Å²) in [5.41, 5.74) is 1.52. The van der Waals surface area contributed by atoms with E-state index in [9.17, 15) is 9.90 Å². The molecule has 1 fully saturated rings. The van der Waals surface area contributed by atoms with E-state index in [0.29, 0.717) is 37.5 Å². The highest BCUT2D eigenvalue weighted by molar-refractivity contribution is 5.89. The minimum Gasteiger partial charge on any atom is -0.493 e. The number of aryl methyl sites for hydroxylation is 1. The summed E-state index contributed by atoms with van der Waals surface area (Å²) in [4.78, 5) is 26.9. The molecule has 0 spiro atoms. The van der Waals surface area contributed by atoms with Gasteiger partial charge in [0.25, 0.3) is 0 Å². The van der Waals surface area contributed by atoms with Gasteiger partial charge in [0.1, 0.15) is 5.82 Å². The van der Waals surface area contributed by atoms with Crippen molar-refractivity contribution in [2.75, 3.05) is 26.2 Å². The van der Waals surface area contributed by atoms with E-state index in [1.807, 2.05) is 13.0 Å². The molecule has 0 unspecified atom stereocenters. The molecule has 4 rings (SSSR count). The van der Waals surface area contributed by atoms with Gasteiger partial charge in [0.15, 0.2) is 11.0 Å². The number of aromatic hydroxyl groups is 1. The summed E-state index contributed by atoms with van der Waals surface area (Å²) in [6.07, 6.45) is 4.13. The number of aromatic nitrogens is 4. The number of ether oxygens (including phenoxy) is 1. The van der Waals surface area contributed by atoms with Crippen LogP contribution in [-0.2, 0) is 0 Å². The topological polar surface area (TPSA) is 105 Å². The maximum Gasteiger partial charge on any atom is 0.416 e. The molecule has 0 atom stereocenters. The third-order valence-electron chi connectivity index (χ3n) is 4.21. The summed E-state index contributed by atoms with van der Waals surface area (Å²) in [7, 11) is 0. The zero-order valence-electron chi connectivity index (χ0n) is 14.2. The Labute approximate surface area is 149 Å². The van der Waals surface area contributed by atoms with Gasteiger partial charge in [-0.2, -0.15) is 0 Å². The lowest BCUT2D eigenvalue weighted by Crippen LogP contribution is -2.47. The molecule has 1 aliphatic heterocycles. The number of hydrogen-bond acceptors (Lipinski definition) is 7. The lowest BCUT2D eigenvalue weighted by atomic mass is 10.3. The monoisotopic (exact) mass is 354 g/mol. The fourth-order valence-electron chi connectivity index (χ4n) is 2.86. The van der Waals surface area contributed by atoms with Crippen molar-refractivity contribution in [1.82, 2.24) is 29.7 Å². The van der Waals surface area contributed by atoms with Crippen molar-refractivity contribution < 1.29 is 14.6 Å². The van der Waals surface area contributed by atoms with Crippen molar-refractivity contribution in [3.8, 4) is 17.6 Å². The number of carbonyl (C=O) groups excluding carboxylic acids is 1. The highest BCUT2D eigenvalue weighted by Gasteiger charge is 2.26. The molecular weight excluding hydrogens is 336 g/mol. The smallest absolute Gasteiger partial charge is 0.416 e. The molecule has 3 aromatic rings. The maximum atomic E-state index is 12.6. The minimum absolute atomic E-state index is 0.102. The van der Waals surface area contributed by atoms with Crippen molar-refractivity contribution in [3.05, 3.63) is 36.3 Å². The molecule has 0 aromatic carbocycles. The Hall–Kier alpha value is -3.20. The highest BCUT2D eigenvalue weighted by atomic mass is 16.6. The number of piperazine rings is 1. The Bertz CT molecular complexity index is 947. The Morgan fingerprint density at radius 2 is 1.88 bits per heavy atom. The molecule has 1 aliphatic rings. The van der Waals surface area contributed by atoms with Crippen molar-refractivity contribution in [3.63, 3.8) is 0 Å². The molecule has 0 radical (unpaired) electrons. The van der Waals surface area contributed by atoms with Crippen LogP contribution in [0.4, 0.5) is 4.79 Å². The van der Waals surface area contributed by atoms with Crippen molar-refractivity contribution in [2.45, 2.75) is 6.92 Å². The van der Waals surface area contributed by atoms with Crippen LogP contribution in [-0.4, -0.2) is 61.8 Å². The summed E-state index contributed by atoms with van der Waals surface area (Å²) in [5.74, 6) is 0.342. The van der Waals surface area contributed by atoms with Gasteiger partial charge in [-0.3, -0.25) is 0 Å². The Morgan fingerprint density at radius 3 is 2.58 bits per heavy atom. The van der Waals surface area contributed by atoms with E-state index < -0.39 is 6.09 Å². The van der Waals surface area contributed by atoms with Crippen LogP contribution in [0, 0.1) is 6.92 Å². The van der Waals surface area contributed by atoms with Gasteiger partial charge in [0.05, 0.1) is 0 Å². The van der Waals surface area contributed by atoms with Gasteiger partial charge >= 0.3 is 6.09 Å². The van der Waals surface area contributed by atoms with Gasteiger partial charge in [0.2, 0.25) is 11.8 Å². The first kappa shape index (κ1) is 16.3. The number of hydrogen-bond donors (Lipinski definition) is 2. The summed E-state index contributed by atoms with van der Waals surface area (Å²) < 4.78 is 6.97. The van der Waals surface area contributed by atoms with Crippen LogP contribution in [0.3, 0.4) is 0 Å². The zero-order valence-corrected chi connectivity index (χ0v) is 14.2. The average molecular weight is 354 g/mol. The maximum absolute atomic E-state index is 12.6. The number of pyridine rings is 1. The van der Waals surface area contributed by atoms with Crippen LogP contribution in [0.15, 0.2) is 30.7 Å². The molecule has 9 heteroatoms. The quantitative estimate of drug-likeness (QED) is 0.713. The van der Waals surface area contributed by atoms with Gasteiger partial charge in [0, 0.05) is 44.8 Å². The third-order valence-corrected chi connectivity index (χ3v) is 4.21. The number of rotatable bonds is 2. The van der Waals surface area contributed by atoms with Crippen LogP contribution >= 0.6 is 0 Å². The number of fused-ring (bicyclic) bond motifs is 1. The lowest BCUT2D eigenvalue weighted by molar-refractivity contribution is 0.143. The molecule has 0 saturated carbocycles. The molecule has 0 bridgehead atoms. The van der Waals surface area contributed by atoms with Gasteiger partial charge in [-0.15, -0.1) is 0 Å². The minimum atomic E-state index is -0.495. The molecule has 2 N–H and O–H groups in total. The molecule has 26 heavy (non-hydrogen) atoms. The molecule has 1 amide bonds. The van der Waals surface area contributed by atoms with Gasteiger partial charge < -0.3 is 20.1 Å². The van der Waals surface area contributed by atoms with E-state index in [1.54, 1.807) is 17.2 Å². The Kier molecular flexibility index (Phi) is 4.13. The molecule has 9 nitrogen and oxygen atoms in total. The SMILES string of the molecule is Cc1ccc(-n2c(O)c3nccnc3c2OC(=O)N2CCNCC2)nc1. The average Bonchev–Trinajstić information content (AvgIpc) is 2.95. The predicted molar refractivity (Wildman–Crippen MR) is 93.5 cm³/mol. The van der Waals surface area contributed by atoms with E-state index in [-0.39, 0.29) is 17.3 Å². The molecular formula is C17H18N6O3. The molecule has 134 valence electrons. The van der Waals surface area contributed by atoms with Crippen LogP contribution in [0.25, 0.3) is 16.9 Å². The lowest BCUT2D eigenvalue weighted by Gasteiger charge is -2.26. The Balaban J connectivity index is 1.80. The van der Waals surface area contributed by atoms with Gasteiger partial charge in [-0.05, 0) is 18.6 Å². The van der Waals surface area contributed by atoms with Gasteiger partial charge in [-0.25, -0.2) is 24.3 Å². The van der Waals surface area contributed by atoms with E-state index >= 15 is 0 Å². The van der Waals surface area contributed by atoms with E-state index in [4.69, 9.17) is 4.74 Å². The summed E-state index contributed by atoms with van der Waals surface area (Å²) in [6, 6.07) is 3.59. The summed E-state index contributed by atoms with van der Waals surface area (Å²) in [5, 5.41) is 13.8. The second kappa shape index (κ2) is 6.60. The van der Waals surface area contributed by atoms with Crippen molar-refractivity contribution in [1.29, 1.82) is 0 Å². The second-order valence-electron chi connectivity index (χ2n) is 6.02. The fraction of sp³-hybridized carbons (Fsp3) is 0.294. The van der Waals surface area contributed by atoms with E-state index in [2.05, 4.69) is 20.3 Å². The van der Waals surface area contributed by atoms with Crippen molar-refractivity contribution in [2.24, 2.45) is 0 Å². The standard InChI is InChI=1S/C17H18N6O3/c1-11-2-3-12(21-10-11)23-15(24)13-14(20-5-4-19-13)16(23)26-17(25)22-8-6-18-7-9-22/h2-5,10,18,24H,6-9H2,1H3.